The normalized spacial score (nSPS) is 33.6. The third-order valence-corrected chi connectivity index (χ3v) is 8.12. The van der Waals surface area contributed by atoms with E-state index in [2.05, 4.69) is 21.8 Å². The number of aromatic nitrogens is 2. The third-order valence-electron chi connectivity index (χ3n) is 7.30. The minimum atomic E-state index is -0.525. The highest BCUT2D eigenvalue weighted by molar-refractivity contribution is 7.13. The van der Waals surface area contributed by atoms with Gasteiger partial charge < -0.3 is 15.4 Å². The van der Waals surface area contributed by atoms with Crippen LogP contribution in [0.5, 0.6) is 0 Å². The van der Waals surface area contributed by atoms with Gasteiger partial charge in [-0.15, -0.1) is 11.3 Å². The predicted octanol–water partition coefficient (Wildman–Crippen LogP) is 3.90. The Hall–Kier alpha value is -2.18. The number of rotatable bonds is 3. The Morgan fingerprint density at radius 1 is 1.25 bits per heavy atom. The first-order valence-electron chi connectivity index (χ1n) is 10.0. The maximum absolute atomic E-state index is 12.2. The van der Waals surface area contributed by atoms with Gasteiger partial charge in [0.1, 0.15) is 0 Å². The van der Waals surface area contributed by atoms with E-state index in [4.69, 9.17) is 5.73 Å². The van der Waals surface area contributed by atoms with Crippen LogP contribution < -0.4 is 5.73 Å². The van der Waals surface area contributed by atoms with E-state index < -0.39 is 11.5 Å². The molecular formula is C22H23N3O2S. The maximum atomic E-state index is 12.2. The summed E-state index contributed by atoms with van der Waals surface area (Å²) < 4.78 is 2.36. The molecule has 1 aromatic carbocycles. The number of benzene rings is 1. The summed E-state index contributed by atoms with van der Waals surface area (Å²) in [5.74, 6) is 0.797. The quantitative estimate of drug-likeness (QED) is 0.708. The summed E-state index contributed by atoms with van der Waals surface area (Å²) in [7, 11) is 0. The number of carbonyl (C=O) groups excluding carboxylic acids is 1. The van der Waals surface area contributed by atoms with Crippen molar-refractivity contribution in [3.8, 4) is 10.4 Å². The molecule has 5 nitrogen and oxygen atoms in total. The van der Waals surface area contributed by atoms with Crippen LogP contribution >= 0.6 is 11.3 Å². The monoisotopic (exact) mass is 393 g/mol. The number of aliphatic hydroxyl groups is 1. The molecule has 4 bridgehead atoms. The van der Waals surface area contributed by atoms with Gasteiger partial charge in [0.15, 0.2) is 0 Å². The van der Waals surface area contributed by atoms with Crippen molar-refractivity contribution in [2.45, 2.75) is 49.7 Å². The van der Waals surface area contributed by atoms with Gasteiger partial charge in [-0.25, -0.2) is 0 Å². The molecule has 4 aliphatic rings. The van der Waals surface area contributed by atoms with E-state index >= 15 is 0 Å². The summed E-state index contributed by atoms with van der Waals surface area (Å²) in [6.07, 6.45) is 10.1. The lowest BCUT2D eigenvalue weighted by Crippen LogP contribution is -2.59. The second-order valence-corrected chi connectivity index (χ2v) is 10.2. The average molecular weight is 394 g/mol. The van der Waals surface area contributed by atoms with E-state index in [9.17, 15) is 9.90 Å². The standard InChI is InChI=1S/C22H23N3O2S/c23-20(26)17-4-15(19-10-24-12-28-19)5-18-16(17)1-2-25(18)21-6-13-3-14(7-21)9-22(27,8-13)11-21/h1-2,4-5,10,12-14,27H,3,6-9,11H2,(H2,23,26). The Bertz CT molecular complexity index is 1090. The molecule has 1 amide bonds. The zero-order chi connectivity index (χ0) is 19.1. The maximum Gasteiger partial charge on any atom is 0.249 e. The van der Waals surface area contributed by atoms with Crippen LogP contribution in [0, 0.1) is 11.8 Å². The van der Waals surface area contributed by atoms with E-state index in [1.165, 1.54) is 6.42 Å². The fraction of sp³-hybridized carbons (Fsp3) is 0.455. The molecule has 2 heterocycles. The zero-order valence-electron chi connectivity index (χ0n) is 15.6. The van der Waals surface area contributed by atoms with Crippen LogP contribution in [-0.4, -0.2) is 26.2 Å². The van der Waals surface area contributed by atoms with Crippen molar-refractivity contribution in [2.75, 3.05) is 0 Å². The van der Waals surface area contributed by atoms with Gasteiger partial charge in [0.25, 0.3) is 0 Å². The number of nitrogens with two attached hydrogens (primary N) is 1. The van der Waals surface area contributed by atoms with Gasteiger partial charge in [-0.2, -0.15) is 0 Å². The van der Waals surface area contributed by atoms with Gasteiger partial charge >= 0.3 is 0 Å². The Kier molecular flexibility index (Phi) is 3.26. The van der Waals surface area contributed by atoms with Crippen LogP contribution in [0.4, 0.5) is 0 Å². The van der Waals surface area contributed by atoms with E-state index in [1.807, 2.05) is 18.3 Å². The smallest absolute Gasteiger partial charge is 0.249 e. The van der Waals surface area contributed by atoms with Gasteiger partial charge in [0.05, 0.1) is 16.0 Å². The Labute approximate surface area is 167 Å². The van der Waals surface area contributed by atoms with E-state index in [-0.39, 0.29) is 5.54 Å². The summed E-state index contributed by atoms with van der Waals surface area (Å²) in [6, 6.07) is 6.07. The number of thiazole rings is 1. The molecule has 4 fully saturated rings. The van der Waals surface area contributed by atoms with Crippen LogP contribution in [0.25, 0.3) is 21.3 Å². The number of primary amides is 1. The summed E-state index contributed by atoms with van der Waals surface area (Å²) in [5.41, 5.74) is 9.55. The van der Waals surface area contributed by atoms with Gasteiger partial charge in [-0.1, -0.05) is 0 Å². The molecule has 144 valence electrons. The molecule has 28 heavy (non-hydrogen) atoms. The van der Waals surface area contributed by atoms with E-state index in [0.717, 1.165) is 53.4 Å². The first-order chi connectivity index (χ1) is 13.4. The minimum Gasteiger partial charge on any atom is -0.390 e. The molecule has 7 rings (SSSR count). The van der Waals surface area contributed by atoms with Gasteiger partial charge in [0.2, 0.25) is 5.91 Å². The Balaban J connectivity index is 1.58. The largest absolute Gasteiger partial charge is 0.390 e. The summed E-state index contributed by atoms with van der Waals surface area (Å²) in [4.78, 5) is 17.4. The van der Waals surface area contributed by atoms with Crippen molar-refractivity contribution < 1.29 is 9.90 Å². The predicted molar refractivity (Wildman–Crippen MR) is 109 cm³/mol. The second-order valence-electron chi connectivity index (χ2n) is 9.28. The topological polar surface area (TPSA) is 81.1 Å². The molecule has 4 aliphatic carbocycles. The molecule has 3 aromatic rings. The minimum absolute atomic E-state index is 0.0537. The van der Waals surface area contributed by atoms with Crippen molar-refractivity contribution in [3.05, 3.63) is 41.7 Å². The van der Waals surface area contributed by atoms with Gasteiger partial charge in [-0.3, -0.25) is 9.78 Å². The third kappa shape index (κ3) is 2.28. The number of amides is 1. The molecule has 0 spiro atoms. The molecule has 4 saturated carbocycles. The number of hydrogen-bond acceptors (Lipinski definition) is 4. The Morgan fingerprint density at radius 3 is 2.68 bits per heavy atom. The summed E-state index contributed by atoms with van der Waals surface area (Å²) in [5, 5.41) is 12.1. The number of hydrogen-bond donors (Lipinski definition) is 2. The lowest BCUT2D eigenvalue weighted by Gasteiger charge is -2.60. The van der Waals surface area contributed by atoms with Crippen molar-refractivity contribution in [2.24, 2.45) is 17.6 Å². The van der Waals surface area contributed by atoms with Crippen molar-refractivity contribution in [3.63, 3.8) is 0 Å². The van der Waals surface area contributed by atoms with Crippen molar-refractivity contribution >= 4 is 28.1 Å². The highest BCUT2D eigenvalue weighted by Gasteiger charge is 2.58. The van der Waals surface area contributed by atoms with Crippen molar-refractivity contribution in [1.29, 1.82) is 0 Å². The second kappa shape index (κ2) is 5.45. The zero-order valence-corrected chi connectivity index (χ0v) is 16.4. The van der Waals surface area contributed by atoms with Gasteiger partial charge in [-0.05, 0) is 74.1 Å². The summed E-state index contributed by atoms with van der Waals surface area (Å²) >= 11 is 1.56. The molecule has 0 saturated heterocycles. The SMILES string of the molecule is NC(=O)c1cc(-c2cncs2)cc2c1ccn2C12CC3CC(CC(O)(C3)C1)C2. The lowest BCUT2D eigenvalue weighted by atomic mass is 9.51. The molecule has 6 heteroatoms. The van der Waals surface area contributed by atoms with Crippen LogP contribution in [0.15, 0.2) is 36.1 Å². The fourth-order valence-electron chi connectivity index (χ4n) is 6.81. The van der Waals surface area contributed by atoms with Crippen LogP contribution in [0.3, 0.4) is 0 Å². The van der Waals surface area contributed by atoms with Crippen LogP contribution in [0.1, 0.15) is 48.9 Å². The van der Waals surface area contributed by atoms with Crippen LogP contribution in [0.2, 0.25) is 0 Å². The van der Waals surface area contributed by atoms with Crippen LogP contribution in [-0.2, 0) is 5.54 Å². The molecule has 3 N–H and O–H groups in total. The Morgan fingerprint density at radius 2 is 2.04 bits per heavy atom. The number of nitrogens with zero attached hydrogens (tertiary/aromatic N) is 2. The average Bonchev–Trinajstić information content (AvgIpc) is 3.28. The van der Waals surface area contributed by atoms with Crippen molar-refractivity contribution in [1.82, 2.24) is 9.55 Å². The summed E-state index contributed by atoms with van der Waals surface area (Å²) in [6.45, 7) is 0. The molecule has 0 aliphatic heterocycles. The molecule has 2 unspecified atom stereocenters. The highest BCUT2D eigenvalue weighted by atomic mass is 32.1. The highest BCUT2D eigenvalue weighted by Crippen LogP contribution is 2.61. The molecule has 2 atom stereocenters. The number of carbonyl (C=O) groups is 1. The molecule has 2 aromatic heterocycles. The lowest BCUT2D eigenvalue weighted by molar-refractivity contribution is -0.155. The fourth-order valence-corrected chi connectivity index (χ4v) is 7.42. The first-order valence-corrected chi connectivity index (χ1v) is 10.9. The van der Waals surface area contributed by atoms with Gasteiger partial charge in [0, 0.05) is 34.4 Å². The molecular weight excluding hydrogens is 370 g/mol. The number of fused-ring (bicyclic) bond motifs is 1. The van der Waals surface area contributed by atoms with E-state index in [1.54, 1.807) is 16.8 Å². The first kappa shape index (κ1) is 16.7. The van der Waals surface area contributed by atoms with E-state index in [0.29, 0.717) is 17.4 Å². The molecule has 0 radical (unpaired) electrons.